The fraction of sp³-hybridized carbons (Fsp3) is 0.789. The summed E-state index contributed by atoms with van der Waals surface area (Å²) in [5, 5.41) is 2.17. The van der Waals surface area contributed by atoms with Crippen molar-refractivity contribution in [3.63, 3.8) is 0 Å². The molecule has 3 saturated heterocycles. The molecule has 1 spiro atoms. The summed E-state index contributed by atoms with van der Waals surface area (Å²) in [6.07, 6.45) is 6.07. The highest BCUT2D eigenvalue weighted by atomic mass is 32.1. The van der Waals surface area contributed by atoms with Gasteiger partial charge in [-0.2, -0.15) is 0 Å². The van der Waals surface area contributed by atoms with Gasteiger partial charge in [0.25, 0.3) is 0 Å². The number of piperidine rings is 1. The van der Waals surface area contributed by atoms with Crippen molar-refractivity contribution in [2.75, 3.05) is 39.5 Å². The van der Waals surface area contributed by atoms with Crippen molar-refractivity contribution in [1.29, 1.82) is 0 Å². The minimum atomic E-state index is 0.0376. The van der Waals surface area contributed by atoms with E-state index in [1.54, 1.807) is 0 Å². The summed E-state index contributed by atoms with van der Waals surface area (Å²) in [5.74, 6) is 0.678. The van der Waals surface area contributed by atoms with Crippen LogP contribution in [-0.4, -0.2) is 56.1 Å². The van der Waals surface area contributed by atoms with Gasteiger partial charge in [0.05, 0.1) is 24.9 Å². The van der Waals surface area contributed by atoms with E-state index in [1.165, 1.54) is 24.3 Å². The topological polar surface area (TPSA) is 30.9 Å². The Hall–Kier alpha value is -0.460. The second-order valence-corrected chi connectivity index (χ2v) is 8.64. The number of likely N-dealkylation sites (tertiary alicyclic amines) is 1. The summed E-state index contributed by atoms with van der Waals surface area (Å²) in [5.41, 5.74) is 0.0376. The van der Waals surface area contributed by atoms with E-state index in [-0.39, 0.29) is 11.7 Å². The smallest absolute Gasteiger partial charge is 0.0836 e. The molecule has 0 unspecified atom stereocenters. The predicted octanol–water partition coefficient (Wildman–Crippen LogP) is 3.31. The van der Waals surface area contributed by atoms with Gasteiger partial charge in [0.15, 0.2) is 0 Å². The molecule has 3 fully saturated rings. The highest BCUT2D eigenvalue weighted by Crippen LogP contribution is 2.36. The van der Waals surface area contributed by atoms with Crippen LogP contribution in [0.15, 0.2) is 17.5 Å². The molecule has 0 aromatic carbocycles. The molecular formula is C19H29NO3S. The molecular weight excluding hydrogens is 322 g/mol. The standard InChI is InChI=1S/C19H29NO3S/c1-3-18(24-10-1)12-20-7-2-6-19(15-20)11-17(14-23-19)22-13-16-4-8-21-9-5-16/h1,3,10,16-17H,2,4-9,11-15H2/t17-,19-/m1/s1. The Morgan fingerprint density at radius 1 is 1.33 bits per heavy atom. The molecule has 1 aromatic rings. The van der Waals surface area contributed by atoms with Gasteiger partial charge in [-0.3, -0.25) is 4.90 Å². The predicted molar refractivity (Wildman–Crippen MR) is 95.4 cm³/mol. The van der Waals surface area contributed by atoms with Crippen molar-refractivity contribution in [3.05, 3.63) is 22.4 Å². The van der Waals surface area contributed by atoms with Crippen LogP contribution < -0.4 is 0 Å². The molecule has 5 heteroatoms. The van der Waals surface area contributed by atoms with E-state index in [0.717, 1.165) is 58.8 Å². The van der Waals surface area contributed by atoms with Crippen molar-refractivity contribution in [3.8, 4) is 0 Å². The average molecular weight is 352 g/mol. The van der Waals surface area contributed by atoms with E-state index < -0.39 is 0 Å². The summed E-state index contributed by atoms with van der Waals surface area (Å²) in [4.78, 5) is 4.02. The van der Waals surface area contributed by atoms with Crippen molar-refractivity contribution < 1.29 is 14.2 Å². The minimum absolute atomic E-state index is 0.0376. The highest BCUT2D eigenvalue weighted by Gasteiger charge is 2.44. The van der Waals surface area contributed by atoms with Crippen LogP contribution in [0.2, 0.25) is 0 Å². The van der Waals surface area contributed by atoms with E-state index in [2.05, 4.69) is 22.4 Å². The number of nitrogens with zero attached hydrogens (tertiary/aromatic N) is 1. The molecule has 3 aliphatic rings. The first kappa shape index (κ1) is 17.0. The molecule has 134 valence electrons. The molecule has 2 atom stereocenters. The average Bonchev–Trinajstić information content (AvgIpc) is 3.25. The zero-order chi connectivity index (χ0) is 16.2. The third-order valence-electron chi connectivity index (χ3n) is 5.66. The van der Waals surface area contributed by atoms with Gasteiger partial charge in [0.2, 0.25) is 0 Å². The van der Waals surface area contributed by atoms with E-state index in [1.807, 2.05) is 11.3 Å². The van der Waals surface area contributed by atoms with Crippen LogP contribution >= 0.6 is 11.3 Å². The Bertz CT molecular complexity index is 503. The van der Waals surface area contributed by atoms with Crippen molar-refractivity contribution in [2.24, 2.45) is 5.92 Å². The Kier molecular flexibility index (Phi) is 5.54. The molecule has 24 heavy (non-hydrogen) atoms. The molecule has 4 heterocycles. The number of rotatable bonds is 5. The molecule has 4 rings (SSSR count). The van der Waals surface area contributed by atoms with Gasteiger partial charge in [0.1, 0.15) is 0 Å². The largest absolute Gasteiger partial charge is 0.381 e. The lowest BCUT2D eigenvalue weighted by atomic mass is 9.89. The third-order valence-corrected chi connectivity index (χ3v) is 6.52. The molecule has 4 nitrogen and oxygen atoms in total. The Morgan fingerprint density at radius 3 is 3.08 bits per heavy atom. The third kappa shape index (κ3) is 4.20. The molecule has 0 amide bonds. The normalized spacial score (nSPS) is 32.6. The maximum atomic E-state index is 6.30. The SMILES string of the molecule is c1csc(CN2CCC[C@@]3(C[C@@H](OCC4CCOCC4)CO3)C2)c1. The fourth-order valence-corrected chi connectivity index (χ4v) is 5.07. The van der Waals surface area contributed by atoms with E-state index in [9.17, 15) is 0 Å². The lowest BCUT2D eigenvalue weighted by Gasteiger charge is -2.39. The van der Waals surface area contributed by atoms with Gasteiger partial charge in [0, 0.05) is 37.6 Å². The Balaban J connectivity index is 1.26. The molecule has 0 aliphatic carbocycles. The maximum absolute atomic E-state index is 6.30. The van der Waals surface area contributed by atoms with Crippen LogP contribution in [0.25, 0.3) is 0 Å². The monoisotopic (exact) mass is 351 g/mol. The second kappa shape index (κ2) is 7.83. The van der Waals surface area contributed by atoms with Gasteiger partial charge in [-0.1, -0.05) is 6.07 Å². The van der Waals surface area contributed by atoms with Crippen LogP contribution in [0.4, 0.5) is 0 Å². The molecule has 1 aromatic heterocycles. The quantitative estimate of drug-likeness (QED) is 0.814. The second-order valence-electron chi connectivity index (χ2n) is 7.60. The lowest BCUT2D eigenvalue weighted by Crippen LogP contribution is -2.47. The van der Waals surface area contributed by atoms with Crippen molar-refractivity contribution in [1.82, 2.24) is 4.90 Å². The van der Waals surface area contributed by atoms with Crippen LogP contribution in [-0.2, 0) is 20.8 Å². The van der Waals surface area contributed by atoms with Gasteiger partial charge in [-0.05, 0) is 49.6 Å². The molecule has 0 bridgehead atoms. The Morgan fingerprint density at radius 2 is 2.25 bits per heavy atom. The molecule has 3 aliphatic heterocycles. The lowest BCUT2D eigenvalue weighted by molar-refractivity contribution is -0.0552. The number of ether oxygens (including phenoxy) is 3. The van der Waals surface area contributed by atoms with Crippen molar-refractivity contribution >= 4 is 11.3 Å². The van der Waals surface area contributed by atoms with Crippen LogP contribution in [0.1, 0.15) is 37.0 Å². The first-order chi connectivity index (χ1) is 11.8. The molecule has 0 N–H and O–H groups in total. The fourth-order valence-electron chi connectivity index (χ4n) is 4.33. The summed E-state index contributed by atoms with van der Waals surface area (Å²) in [7, 11) is 0. The molecule has 0 saturated carbocycles. The summed E-state index contributed by atoms with van der Waals surface area (Å²) < 4.78 is 17.9. The van der Waals surface area contributed by atoms with Crippen LogP contribution in [0.3, 0.4) is 0 Å². The zero-order valence-electron chi connectivity index (χ0n) is 14.5. The summed E-state index contributed by atoms with van der Waals surface area (Å²) >= 11 is 1.85. The van der Waals surface area contributed by atoms with Gasteiger partial charge in [-0.25, -0.2) is 0 Å². The highest BCUT2D eigenvalue weighted by molar-refractivity contribution is 7.09. The Labute approximate surface area is 149 Å². The summed E-state index contributed by atoms with van der Waals surface area (Å²) in [6.45, 7) is 6.77. The molecule has 0 radical (unpaired) electrons. The maximum Gasteiger partial charge on any atom is 0.0836 e. The van der Waals surface area contributed by atoms with Gasteiger partial charge < -0.3 is 14.2 Å². The van der Waals surface area contributed by atoms with E-state index in [0.29, 0.717) is 5.92 Å². The number of hydrogen-bond acceptors (Lipinski definition) is 5. The van der Waals surface area contributed by atoms with Gasteiger partial charge >= 0.3 is 0 Å². The zero-order valence-corrected chi connectivity index (χ0v) is 15.3. The van der Waals surface area contributed by atoms with E-state index in [4.69, 9.17) is 14.2 Å². The van der Waals surface area contributed by atoms with Gasteiger partial charge in [-0.15, -0.1) is 11.3 Å². The van der Waals surface area contributed by atoms with Crippen LogP contribution in [0, 0.1) is 5.92 Å². The number of hydrogen-bond donors (Lipinski definition) is 0. The number of thiophene rings is 1. The van der Waals surface area contributed by atoms with Crippen LogP contribution in [0.5, 0.6) is 0 Å². The summed E-state index contributed by atoms with van der Waals surface area (Å²) in [6, 6.07) is 4.38. The van der Waals surface area contributed by atoms with E-state index >= 15 is 0 Å². The first-order valence-electron chi connectivity index (χ1n) is 9.39. The minimum Gasteiger partial charge on any atom is -0.381 e. The first-order valence-corrected chi connectivity index (χ1v) is 10.3. The van der Waals surface area contributed by atoms with Crippen molar-refractivity contribution in [2.45, 2.75) is 50.4 Å².